The average molecular weight is 254 g/mol. The first-order valence-electron chi connectivity index (χ1n) is 5.87. The number of likely N-dealkylation sites (N-methyl/N-ethyl adjacent to an activating group) is 1. The number of rotatable bonds is 6. The van der Waals surface area contributed by atoms with E-state index in [0.29, 0.717) is 0 Å². The molecule has 96 valence electrons. The summed E-state index contributed by atoms with van der Waals surface area (Å²) in [5.41, 5.74) is 2.12. The van der Waals surface area contributed by atoms with Crippen molar-refractivity contribution in [1.29, 1.82) is 0 Å². The molecule has 1 aromatic rings. The Morgan fingerprint density at radius 1 is 1.41 bits per heavy atom. The maximum absolute atomic E-state index is 9.28. The summed E-state index contributed by atoms with van der Waals surface area (Å²) in [4.78, 5) is 4.49. The van der Waals surface area contributed by atoms with Crippen LogP contribution in [-0.2, 0) is 0 Å². The van der Waals surface area contributed by atoms with Gasteiger partial charge in [0, 0.05) is 17.0 Å². The smallest absolute Gasteiger partial charge is 0.0965 e. The second-order valence-electron chi connectivity index (χ2n) is 4.69. The van der Waals surface area contributed by atoms with Crippen LogP contribution in [0.2, 0.25) is 0 Å². The third-order valence-corrected chi connectivity index (χ3v) is 3.84. The molecule has 1 atom stereocenters. The van der Waals surface area contributed by atoms with Crippen LogP contribution in [-0.4, -0.2) is 35.0 Å². The number of pyridine rings is 1. The molecule has 0 saturated carbocycles. The lowest BCUT2D eigenvalue weighted by Crippen LogP contribution is -2.43. The molecule has 4 heteroatoms. The lowest BCUT2D eigenvalue weighted by atomic mass is 10.0. The van der Waals surface area contributed by atoms with Crippen LogP contribution in [0.4, 0.5) is 0 Å². The zero-order valence-corrected chi connectivity index (χ0v) is 11.9. The van der Waals surface area contributed by atoms with Gasteiger partial charge in [-0.15, -0.1) is 11.8 Å². The van der Waals surface area contributed by atoms with E-state index in [1.807, 2.05) is 20.9 Å². The summed E-state index contributed by atoms with van der Waals surface area (Å²) in [5, 5.41) is 13.5. The molecule has 0 aliphatic carbocycles. The van der Waals surface area contributed by atoms with Crippen molar-refractivity contribution < 1.29 is 5.11 Å². The second kappa shape index (κ2) is 6.38. The molecule has 3 nitrogen and oxygen atoms in total. The highest BCUT2D eigenvalue weighted by atomic mass is 32.2. The number of aromatic nitrogens is 1. The van der Waals surface area contributed by atoms with E-state index in [0.717, 1.165) is 22.9 Å². The van der Waals surface area contributed by atoms with Gasteiger partial charge in [-0.05, 0) is 51.9 Å². The van der Waals surface area contributed by atoms with Crippen molar-refractivity contribution in [3.05, 3.63) is 23.4 Å². The third-order valence-electron chi connectivity index (χ3n) is 2.93. The minimum Gasteiger partial charge on any atom is -0.394 e. The molecule has 0 aliphatic heterocycles. The first kappa shape index (κ1) is 14.5. The van der Waals surface area contributed by atoms with Crippen LogP contribution in [0.3, 0.4) is 0 Å². The molecular weight excluding hydrogens is 232 g/mol. The predicted octanol–water partition coefficient (Wildman–Crippen LogP) is 2.15. The van der Waals surface area contributed by atoms with Crippen LogP contribution in [0.15, 0.2) is 17.2 Å². The first-order chi connectivity index (χ1) is 7.99. The minimum absolute atomic E-state index is 0.157. The maximum Gasteiger partial charge on any atom is 0.0965 e. The number of nitrogens with one attached hydrogen (secondary N) is 1. The van der Waals surface area contributed by atoms with E-state index in [9.17, 15) is 5.11 Å². The topological polar surface area (TPSA) is 45.1 Å². The molecule has 0 spiro atoms. The number of nitrogens with zero attached hydrogens (tertiary/aromatic N) is 1. The second-order valence-corrected chi connectivity index (χ2v) is 5.81. The van der Waals surface area contributed by atoms with Crippen molar-refractivity contribution in [2.24, 2.45) is 0 Å². The van der Waals surface area contributed by atoms with Crippen LogP contribution < -0.4 is 5.32 Å². The number of aryl methyl sites for hydroxylation is 2. The van der Waals surface area contributed by atoms with Gasteiger partial charge in [0.1, 0.15) is 0 Å². The van der Waals surface area contributed by atoms with Crippen molar-refractivity contribution in [2.75, 3.05) is 19.4 Å². The number of hydrogen-bond acceptors (Lipinski definition) is 4. The molecule has 0 bridgehead atoms. The van der Waals surface area contributed by atoms with Gasteiger partial charge < -0.3 is 10.4 Å². The lowest BCUT2D eigenvalue weighted by molar-refractivity contribution is 0.179. The number of hydrogen-bond donors (Lipinski definition) is 2. The van der Waals surface area contributed by atoms with Crippen LogP contribution in [0.5, 0.6) is 0 Å². The van der Waals surface area contributed by atoms with Crippen LogP contribution in [0, 0.1) is 13.8 Å². The quantitative estimate of drug-likeness (QED) is 0.764. The Morgan fingerprint density at radius 2 is 2.12 bits per heavy atom. The molecule has 0 aliphatic rings. The Morgan fingerprint density at radius 3 is 2.65 bits per heavy atom. The Balaban J connectivity index is 2.51. The van der Waals surface area contributed by atoms with Crippen molar-refractivity contribution in [3.8, 4) is 0 Å². The summed E-state index contributed by atoms with van der Waals surface area (Å²) in [6.45, 7) is 6.29. The van der Waals surface area contributed by atoms with Crippen molar-refractivity contribution >= 4 is 11.8 Å². The van der Waals surface area contributed by atoms with Crippen molar-refractivity contribution in [1.82, 2.24) is 10.3 Å². The van der Waals surface area contributed by atoms with Gasteiger partial charge in [-0.25, -0.2) is 4.98 Å². The Hall–Kier alpha value is -0.580. The summed E-state index contributed by atoms with van der Waals surface area (Å²) in [6.07, 6.45) is 0.916. The lowest BCUT2D eigenvalue weighted by Gasteiger charge is -2.26. The minimum atomic E-state index is -0.189. The zero-order chi connectivity index (χ0) is 12.9. The third kappa shape index (κ3) is 4.66. The molecule has 2 N–H and O–H groups in total. The van der Waals surface area contributed by atoms with Gasteiger partial charge in [-0.3, -0.25) is 0 Å². The highest BCUT2D eigenvalue weighted by Crippen LogP contribution is 2.21. The fraction of sp³-hybridized carbons (Fsp3) is 0.615. The molecule has 0 amide bonds. The number of thioether (sulfide) groups is 1. The molecule has 0 fully saturated rings. The highest BCUT2D eigenvalue weighted by molar-refractivity contribution is 7.99. The van der Waals surface area contributed by atoms with Gasteiger partial charge >= 0.3 is 0 Å². The molecule has 17 heavy (non-hydrogen) atoms. The van der Waals surface area contributed by atoms with Gasteiger partial charge in [0.2, 0.25) is 0 Å². The van der Waals surface area contributed by atoms with Crippen molar-refractivity contribution in [3.63, 3.8) is 0 Å². The molecular formula is C13H22N2OS. The van der Waals surface area contributed by atoms with E-state index < -0.39 is 0 Å². The van der Waals surface area contributed by atoms with Gasteiger partial charge in [0.05, 0.1) is 11.6 Å². The summed E-state index contributed by atoms with van der Waals surface area (Å²) in [7, 11) is 1.88. The first-order valence-corrected chi connectivity index (χ1v) is 6.85. The van der Waals surface area contributed by atoms with Gasteiger partial charge in [-0.1, -0.05) is 0 Å². The van der Waals surface area contributed by atoms with E-state index in [1.165, 1.54) is 5.56 Å². The molecule has 0 saturated heterocycles. The van der Waals surface area contributed by atoms with E-state index in [-0.39, 0.29) is 12.1 Å². The fourth-order valence-corrected chi connectivity index (χ4v) is 2.78. The Labute approximate surface area is 108 Å². The summed E-state index contributed by atoms with van der Waals surface area (Å²) < 4.78 is 0. The fourth-order valence-electron chi connectivity index (χ4n) is 1.54. The van der Waals surface area contributed by atoms with E-state index >= 15 is 0 Å². The monoisotopic (exact) mass is 254 g/mol. The van der Waals surface area contributed by atoms with Crippen LogP contribution >= 0.6 is 11.8 Å². The van der Waals surface area contributed by atoms with E-state index in [2.05, 4.69) is 29.4 Å². The SMILES string of the molecule is CNC(C)(CO)CCSc1cc(C)cc(C)n1. The Bertz CT molecular complexity index is 344. The van der Waals surface area contributed by atoms with Gasteiger partial charge in [0.15, 0.2) is 0 Å². The number of aliphatic hydroxyl groups is 1. The molecule has 0 aromatic carbocycles. The average Bonchev–Trinajstić information content (AvgIpc) is 2.27. The van der Waals surface area contributed by atoms with E-state index in [1.54, 1.807) is 11.8 Å². The summed E-state index contributed by atoms with van der Waals surface area (Å²) in [5.74, 6) is 0.952. The molecule has 1 aromatic heterocycles. The summed E-state index contributed by atoms with van der Waals surface area (Å²) in [6, 6.07) is 4.18. The molecule has 1 unspecified atom stereocenters. The highest BCUT2D eigenvalue weighted by Gasteiger charge is 2.20. The number of aliphatic hydroxyl groups excluding tert-OH is 1. The van der Waals surface area contributed by atoms with Crippen molar-refractivity contribution in [2.45, 2.75) is 37.8 Å². The normalized spacial score (nSPS) is 14.6. The maximum atomic E-state index is 9.28. The van der Waals surface area contributed by atoms with E-state index in [4.69, 9.17) is 0 Å². The molecule has 0 radical (unpaired) electrons. The zero-order valence-electron chi connectivity index (χ0n) is 11.1. The van der Waals surface area contributed by atoms with Gasteiger partial charge in [-0.2, -0.15) is 0 Å². The predicted molar refractivity (Wildman–Crippen MR) is 73.6 cm³/mol. The molecule has 1 rings (SSSR count). The largest absolute Gasteiger partial charge is 0.394 e. The Kier molecular flexibility index (Phi) is 5.43. The van der Waals surface area contributed by atoms with Crippen LogP contribution in [0.25, 0.3) is 0 Å². The van der Waals surface area contributed by atoms with Crippen LogP contribution in [0.1, 0.15) is 24.6 Å². The standard InChI is InChI=1S/C13H22N2OS/c1-10-7-11(2)15-12(8-10)17-6-5-13(3,9-16)14-4/h7-8,14,16H,5-6,9H2,1-4H3. The summed E-state index contributed by atoms with van der Waals surface area (Å²) >= 11 is 1.74. The van der Waals surface area contributed by atoms with Gasteiger partial charge in [0.25, 0.3) is 0 Å². The molecule has 1 heterocycles.